The lowest BCUT2D eigenvalue weighted by atomic mass is 9.82. The van der Waals surface area contributed by atoms with Crippen LogP contribution in [0.5, 0.6) is 0 Å². The number of benzene rings is 1. The second kappa shape index (κ2) is 7.04. The van der Waals surface area contributed by atoms with E-state index in [9.17, 15) is 9.59 Å². The van der Waals surface area contributed by atoms with Gasteiger partial charge in [0, 0.05) is 25.6 Å². The number of ether oxygens (including phenoxy) is 1. The maximum atomic E-state index is 12.8. The van der Waals surface area contributed by atoms with Gasteiger partial charge in [-0.1, -0.05) is 24.0 Å². The van der Waals surface area contributed by atoms with Gasteiger partial charge in [-0.15, -0.1) is 0 Å². The fourth-order valence-electron chi connectivity index (χ4n) is 3.75. The summed E-state index contributed by atoms with van der Waals surface area (Å²) in [6.45, 7) is 8.03. The Morgan fingerprint density at radius 1 is 1.38 bits per heavy atom. The van der Waals surface area contributed by atoms with Gasteiger partial charge in [0.1, 0.15) is 13.4 Å². The van der Waals surface area contributed by atoms with Gasteiger partial charge in [0.15, 0.2) is 0 Å². The average Bonchev–Trinajstić information content (AvgIpc) is 2.61. The predicted molar refractivity (Wildman–Crippen MR) is 110 cm³/mol. The summed E-state index contributed by atoms with van der Waals surface area (Å²) in [6, 6.07) is 6.14. The van der Waals surface area contributed by atoms with Crippen molar-refractivity contribution < 1.29 is 14.3 Å². The van der Waals surface area contributed by atoms with Gasteiger partial charge < -0.3 is 9.64 Å². The van der Waals surface area contributed by atoms with Crippen LogP contribution in [0.2, 0.25) is 6.32 Å². The van der Waals surface area contributed by atoms with Crippen molar-refractivity contribution in [3.8, 4) is 0 Å². The first-order valence-corrected chi connectivity index (χ1v) is 10.4. The molecule has 1 aromatic carbocycles. The first-order valence-electron chi connectivity index (χ1n) is 9.04. The van der Waals surface area contributed by atoms with Crippen LogP contribution in [0.3, 0.4) is 0 Å². The van der Waals surface area contributed by atoms with Crippen molar-refractivity contribution in [2.75, 3.05) is 11.9 Å². The van der Waals surface area contributed by atoms with Gasteiger partial charge in [0.25, 0.3) is 0 Å². The molecule has 0 aromatic heterocycles. The molecule has 0 N–H and O–H groups in total. The first-order chi connectivity index (χ1) is 12.3. The number of cyclic esters (lactones) is 1. The van der Waals surface area contributed by atoms with Crippen molar-refractivity contribution >= 4 is 38.6 Å². The predicted octanol–water partition coefficient (Wildman–Crippen LogP) is 2.88. The number of hydrogen-bond donors (Lipinski definition) is 0. The van der Waals surface area contributed by atoms with E-state index in [-0.39, 0.29) is 11.9 Å². The van der Waals surface area contributed by atoms with Crippen LogP contribution >= 0.6 is 7.92 Å². The third-order valence-electron chi connectivity index (χ3n) is 5.43. The third kappa shape index (κ3) is 3.25. The van der Waals surface area contributed by atoms with Crippen LogP contribution in [-0.2, 0) is 20.7 Å². The van der Waals surface area contributed by atoms with Crippen molar-refractivity contribution in [3.63, 3.8) is 0 Å². The maximum Gasteiger partial charge on any atom is 0.339 e. The monoisotopic (exact) mass is 369 g/mol. The van der Waals surface area contributed by atoms with E-state index in [0.717, 1.165) is 46.6 Å². The molecule has 4 nitrogen and oxygen atoms in total. The van der Waals surface area contributed by atoms with E-state index in [1.54, 1.807) is 4.90 Å². The average molecular weight is 369 g/mol. The first kappa shape index (κ1) is 18.9. The Bertz CT molecular complexity index is 819. The van der Waals surface area contributed by atoms with Crippen LogP contribution in [0.25, 0.3) is 0 Å². The Hall–Kier alpha value is -1.87. The van der Waals surface area contributed by atoms with Crippen molar-refractivity contribution in [2.45, 2.75) is 45.0 Å². The highest BCUT2D eigenvalue weighted by Crippen LogP contribution is 2.51. The van der Waals surface area contributed by atoms with Gasteiger partial charge in [0.05, 0.1) is 5.31 Å². The van der Waals surface area contributed by atoms with E-state index < -0.39 is 13.5 Å². The van der Waals surface area contributed by atoms with E-state index in [2.05, 4.69) is 12.6 Å². The molecular weight excluding hydrogens is 344 g/mol. The summed E-state index contributed by atoms with van der Waals surface area (Å²) in [5, 5.41) is 1.85. The van der Waals surface area contributed by atoms with Crippen molar-refractivity contribution in [2.24, 2.45) is 0 Å². The number of rotatable bonds is 4. The van der Waals surface area contributed by atoms with Crippen LogP contribution in [0.15, 0.2) is 41.5 Å². The number of nitrogens with zero attached hydrogens (tertiary/aromatic N) is 1. The Kier molecular flexibility index (Phi) is 5.12. The zero-order valence-corrected chi connectivity index (χ0v) is 16.9. The highest BCUT2D eigenvalue weighted by atomic mass is 31.1. The summed E-state index contributed by atoms with van der Waals surface area (Å²) in [7, 11) is 2.89. The van der Waals surface area contributed by atoms with E-state index in [0.29, 0.717) is 6.42 Å². The molecule has 3 rings (SSSR count). The Morgan fingerprint density at radius 3 is 2.73 bits per heavy atom. The minimum atomic E-state index is -0.972. The van der Waals surface area contributed by atoms with Crippen LogP contribution in [0.4, 0.5) is 5.69 Å². The van der Waals surface area contributed by atoms with Crippen molar-refractivity contribution in [1.82, 2.24) is 0 Å². The zero-order chi connectivity index (χ0) is 19.1. The highest BCUT2D eigenvalue weighted by Gasteiger charge is 2.37. The number of anilines is 1. The molecule has 1 amide bonds. The number of hydrogen-bond acceptors (Lipinski definition) is 3. The smallest absolute Gasteiger partial charge is 0.339 e. The van der Waals surface area contributed by atoms with E-state index in [4.69, 9.17) is 4.74 Å². The van der Waals surface area contributed by atoms with Crippen LogP contribution in [-0.4, -0.2) is 32.4 Å². The van der Waals surface area contributed by atoms with E-state index >= 15 is 0 Å². The molecule has 26 heavy (non-hydrogen) atoms. The molecule has 2 atom stereocenters. The number of carbonyl (C=O) groups excluding carboxylic acids is 2. The van der Waals surface area contributed by atoms with E-state index in [1.165, 1.54) is 0 Å². The van der Waals surface area contributed by atoms with Gasteiger partial charge in [-0.3, -0.25) is 4.79 Å². The number of amides is 1. The van der Waals surface area contributed by atoms with Gasteiger partial charge in [0.2, 0.25) is 5.91 Å². The molecule has 0 saturated carbocycles. The molecule has 2 aliphatic heterocycles. The SMILES string of the molecule is BCC1(C)CC(C)=C(P(C=C)c2ccc3c(c2)CCC(=O)N3C)C(=O)O1. The van der Waals surface area contributed by atoms with Gasteiger partial charge >= 0.3 is 5.97 Å². The number of aryl methyl sites for hydroxylation is 1. The summed E-state index contributed by atoms with van der Waals surface area (Å²) >= 11 is 0. The molecule has 6 heteroatoms. The van der Waals surface area contributed by atoms with Crippen LogP contribution < -0.4 is 10.2 Å². The van der Waals surface area contributed by atoms with Crippen LogP contribution in [0, 0.1) is 0 Å². The minimum absolute atomic E-state index is 0.143. The lowest BCUT2D eigenvalue weighted by Crippen LogP contribution is -2.36. The van der Waals surface area contributed by atoms with Gasteiger partial charge in [-0.25, -0.2) is 4.79 Å². The molecule has 0 radical (unpaired) electrons. The second-order valence-corrected chi connectivity index (χ2v) is 9.39. The topological polar surface area (TPSA) is 46.6 Å². The van der Waals surface area contributed by atoms with Crippen molar-refractivity contribution in [1.29, 1.82) is 0 Å². The Morgan fingerprint density at radius 2 is 2.12 bits per heavy atom. The molecule has 2 heterocycles. The second-order valence-electron chi connectivity index (χ2n) is 7.32. The highest BCUT2D eigenvalue weighted by molar-refractivity contribution is 7.73. The maximum absolute atomic E-state index is 12.8. The molecule has 0 saturated heterocycles. The Labute approximate surface area is 157 Å². The quantitative estimate of drug-likeness (QED) is 0.466. The van der Waals surface area contributed by atoms with Crippen LogP contribution in [0.1, 0.15) is 32.3 Å². The molecule has 136 valence electrons. The minimum Gasteiger partial charge on any atom is -0.456 e. The lowest BCUT2D eigenvalue weighted by molar-refractivity contribution is -0.152. The number of fused-ring (bicyclic) bond motifs is 1. The van der Waals surface area contributed by atoms with E-state index in [1.807, 2.05) is 46.7 Å². The Balaban J connectivity index is 2.00. The molecule has 1 aromatic rings. The molecule has 2 unspecified atom stereocenters. The summed E-state index contributed by atoms with van der Waals surface area (Å²) in [6.07, 6.45) is 2.83. The lowest BCUT2D eigenvalue weighted by Gasteiger charge is -2.36. The molecule has 0 aliphatic carbocycles. The molecule has 0 bridgehead atoms. The molecular formula is C20H25BNO3P. The standard InChI is InChI=1S/C20H25BNO3P/c1-5-26(18-13(2)11-20(3,12-21)25-19(18)24)15-7-8-16-14(10-15)6-9-17(23)22(16)4/h5,7-8,10H,1,6,9,11-12,21H2,2-4H3. The number of carbonyl (C=O) groups is 2. The summed E-state index contributed by atoms with van der Waals surface area (Å²) in [4.78, 5) is 26.4. The van der Waals surface area contributed by atoms with Gasteiger partial charge in [-0.05, 0) is 57.5 Å². The summed E-state index contributed by atoms with van der Waals surface area (Å²) in [5.74, 6) is 1.81. The van der Waals surface area contributed by atoms with Gasteiger partial charge in [-0.2, -0.15) is 0 Å². The molecule has 2 aliphatic rings. The molecule has 0 fully saturated rings. The molecule has 0 spiro atoms. The fourth-order valence-corrected chi connectivity index (χ4v) is 5.66. The zero-order valence-electron chi connectivity index (χ0n) is 16.0. The summed E-state index contributed by atoms with van der Waals surface area (Å²) in [5.41, 5.74) is 2.80. The number of esters is 1. The third-order valence-corrected chi connectivity index (χ3v) is 7.68. The fraction of sp³-hybridized carbons (Fsp3) is 0.400. The van der Waals surface area contributed by atoms with Crippen molar-refractivity contribution in [3.05, 3.63) is 47.0 Å². The largest absolute Gasteiger partial charge is 0.456 e. The summed E-state index contributed by atoms with van der Waals surface area (Å²) < 4.78 is 5.77. The normalized spacial score (nSPS) is 24.2.